The van der Waals surface area contributed by atoms with Crippen molar-refractivity contribution in [3.8, 4) is 28.0 Å². The molecule has 0 saturated heterocycles. The van der Waals surface area contributed by atoms with Crippen LogP contribution in [0.3, 0.4) is 0 Å². The molecule has 0 unspecified atom stereocenters. The van der Waals surface area contributed by atoms with Crippen LogP contribution in [0.1, 0.15) is 35.3 Å². The normalized spacial score (nSPS) is 11.5. The molecule has 1 heterocycles. The minimum atomic E-state index is -0.702. The molecule has 0 aliphatic heterocycles. The van der Waals surface area contributed by atoms with Crippen LogP contribution in [-0.4, -0.2) is 39.4 Å². The molecular weight excluding hydrogens is 575 g/mol. The highest BCUT2D eigenvalue weighted by molar-refractivity contribution is 6.36. The first-order valence-corrected chi connectivity index (χ1v) is 13.9. The summed E-state index contributed by atoms with van der Waals surface area (Å²) in [6.07, 6.45) is 1.21. The average Bonchev–Trinajstić information content (AvgIpc) is 2.98. The summed E-state index contributed by atoms with van der Waals surface area (Å²) in [5.74, 6) is -0.804. The molecule has 4 rings (SSSR count). The number of hydrogen-bond acceptors (Lipinski definition) is 6. The van der Waals surface area contributed by atoms with Crippen molar-refractivity contribution in [1.82, 2.24) is 14.5 Å². The van der Waals surface area contributed by atoms with Gasteiger partial charge < -0.3 is 25.0 Å². The van der Waals surface area contributed by atoms with Gasteiger partial charge in [0.1, 0.15) is 17.1 Å². The zero-order valence-electron chi connectivity index (χ0n) is 24.8. The summed E-state index contributed by atoms with van der Waals surface area (Å²) in [6.45, 7) is 5.47. The summed E-state index contributed by atoms with van der Waals surface area (Å²) in [5.41, 5.74) is 1.91. The molecule has 4 aromatic rings. The number of carbonyl (C=O) groups excluding carboxylic acids is 1. The number of carbonyl (C=O) groups is 1. The number of hydrogen-bond donors (Lipinski definition) is 3. The van der Waals surface area contributed by atoms with Gasteiger partial charge in [-0.2, -0.15) is 0 Å². The molecule has 0 bridgehead atoms. The van der Waals surface area contributed by atoms with Crippen LogP contribution in [0.4, 0.5) is 10.1 Å². The molecule has 1 amide bonds. The molecule has 3 aromatic carbocycles. The van der Waals surface area contributed by atoms with Crippen LogP contribution in [0.15, 0.2) is 64.3 Å². The molecule has 43 heavy (non-hydrogen) atoms. The molecule has 0 aliphatic rings. The van der Waals surface area contributed by atoms with Gasteiger partial charge in [0.2, 0.25) is 0 Å². The van der Waals surface area contributed by atoms with E-state index in [-0.39, 0.29) is 18.7 Å². The van der Waals surface area contributed by atoms with Crippen LogP contribution in [-0.2, 0) is 20.6 Å². The van der Waals surface area contributed by atoms with Crippen LogP contribution in [0.5, 0.6) is 5.75 Å². The summed E-state index contributed by atoms with van der Waals surface area (Å²) in [7, 11) is 4.24. The molecule has 0 aliphatic carbocycles. The number of aliphatic hydroxyl groups is 1. The lowest BCUT2D eigenvalue weighted by molar-refractivity contribution is 0.102. The second kappa shape index (κ2) is 12.5. The third-order valence-electron chi connectivity index (χ3n) is 7.39. The van der Waals surface area contributed by atoms with Gasteiger partial charge >= 0.3 is 5.69 Å². The van der Waals surface area contributed by atoms with E-state index in [1.54, 1.807) is 30.3 Å². The van der Waals surface area contributed by atoms with Gasteiger partial charge in [0.15, 0.2) is 0 Å². The van der Waals surface area contributed by atoms with Crippen LogP contribution in [0.2, 0.25) is 5.02 Å². The first kappa shape index (κ1) is 31.7. The summed E-state index contributed by atoms with van der Waals surface area (Å²) >= 11 is 6.93. The number of nitrogens with zero attached hydrogens (tertiary/aromatic N) is 2. The number of aromatic nitrogens is 2. The first-order valence-electron chi connectivity index (χ1n) is 13.5. The summed E-state index contributed by atoms with van der Waals surface area (Å²) < 4.78 is 22.9. The van der Waals surface area contributed by atoms with E-state index in [0.29, 0.717) is 44.3 Å². The van der Waals surface area contributed by atoms with E-state index in [0.717, 1.165) is 10.1 Å². The Kier molecular flexibility index (Phi) is 9.24. The van der Waals surface area contributed by atoms with Gasteiger partial charge in [-0.1, -0.05) is 41.9 Å². The molecule has 3 N–H and O–H groups in total. The highest BCUT2D eigenvalue weighted by Crippen LogP contribution is 2.40. The van der Waals surface area contributed by atoms with Gasteiger partial charge in [-0.15, -0.1) is 0 Å². The smallest absolute Gasteiger partial charge is 0.330 e. The van der Waals surface area contributed by atoms with Gasteiger partial charge in [0.05, 0.1) is 18.7 Å². The van der Waals surface area contributed by atoms with Crippen molar-refractivity contribution in [2.75, 3.05) is 19.0 Å². The summed E-state index contributed by atoms with van der Waals surface area (Å²) in [6, 6.07) is 13.8. The monoisotopic (exact) mass is 608 g/mol. The van der Waals surface area contributed by atoms with Gasteiger partial charge in [0.25, 0.3) is 11.5 Å². The Balaban J connectivity index is 1.71. The number of rotatable bonds is 9. The van der Waals surface area contributed by atoms with E-state index >= 15 is 4.39 Å². The number of aryl methyl sites for hydroxylation is 1. The number of aliphatic hydroxyl groups excluding tert-OH is 1. The molecule has 0 saturated carbocycles. The second-order valence-electron chi connectivity index (χ2n) is 10.9. The lowest BCUT2D eigenvalue weighted by Crippen LogP contribution is -2.42. The fourth-order valence-corrected chi connectivity index (χ4v) is 5.02. The van der Waals surface area contributed by atoms with E-state index < -0.39 is 28.5 Å². The molecule has 11 heteroatoms. The zero-order valence-corrected chi connectivity index (χ0v) is 25.6. The van der Waals surface area contributed by atoms with Crippen molar-refractivity contribution in [2.24, 2.45) is 14.1 Å². The highest BCUT2D eigenvalue weighted by atomic mass is 35.5. The average molecular weight is 609 g/mol. The van der Waals surface area contributed by atoms with Crippen LogP contribution in [0.25, 0.3) is 22.3 Å². The first-order chi connectivity index (χ1) is 20.3. The number of nitrogens with one attached hydrogen (secondary N) is 2. The largest absolute Gasteiger partial charge is 0.496 e. The SMILES string of the molecule is COc1cc(-c2cccc(-c3cccc(NC(=O)c4cn(C)c(=O)n(C)c4=O)c3C)c2Cl)cc(F)c1CNC(C)(C)CO. The third kappa shape index (κ3) is 6.41. The lowest BCUT2D eigenvalue weighted by Gasteiger charge is -2.24. The number of methoxy groups -OCH3 is 1. The number of amides is 1. The van der Waals surface area contributed by atoms with Crippen molar-refractivity contribution in [3.05, 3.63) is 103 Å². The van der Waals surface area contributed by atoms with E-state index in [1.165, 1.54) is 38.0 Å². The zero-order chi connectivity index (χ0) is 31.6. The molecule has 0 spiro atoms. The Labute approximate surface area is 253 Å². The lowest BCUT2D eigenvalue weighted by atomic mass is 9.94. The quantitative estimate of drug-likeness (QED) is 0.255. The molecule has 226 valence electrons. The number of halogens is 2. The fraction of sp³-hybridized carbons (Fsp3) is 0.281. The molecule has 9 nitrogen and oxygen atoms in total. The van der Waals surface area contributed by atoms with Crippen LogP contribution < -0.4 is 26.6 Å². The Morgan fingerprint density at radius 3 is 2.40 bits per heavy atom. The van der Waals surface area contributed by atoms with Gasteiger partial charge in [-0.3, -0.25) is 14.2 Å². The number of ether oxygens (including phenoxy) is 1. The highest BCUT2D eigenvalue weighted by Gasteiger charge is 2.21. The fourth-order valence-electron chi connectivity index (χ4n) is 4.68. The maximum Gasteiger partial charge on any atom is 0.330 e. The topological polar surface area (TPSA) is 115 Å². The van der Waals surface area contributed by atoms with Crippen molar-refractivity contribution in [3.63, 3.8) is 0 Å². The predicted molar refractivity (Wildman–Crippen MR) is 166 cm³/mol. The molecule has 0 radical (unpaired) electrons. The minimum Gasteiger partial charge on any atom is -0.496 e. The molecule has 0 fully saturated rings. The Morgan fingerprint density at radius 2 is 1.72 bits per heavy atom. The number of benzene rings is 3. The third-order valence-corrected chi connectivity index (χ3v) is 7.79. The predicted octanol–water partition coefficient (Wildman–Crippen LogP) is 4.64. The minimum absolute atomic E-state index is 0.118. The summed E-state index contributed by atoms with van der Waals surface area (Å²) in [5, 5.41) is 15.8. The van der Waals surface area contributed by atoms with Crippen molar-refractivity contribution in [1.29, 1.82) is 0 Å². The standard InChI is InChI=1S/C32H34ClFN4O5/c1-18-20(9-8-12-26(18)36-29(40)24-16-37(4)31(42)38(5)30(24)41)22-11-7-10-21(28(22)33)19-13-25(34)23(27(14-19)43-6)15-35-32(2,3)17-39/h7-14,16,35,39H,15,17H2,1-6H3,(H,36,40). The Bertz CT molecular complexity index is 1830. The maximum atomic E-state index is 15.4. The van der Waals surface area contributed by atoms with E-state index in [1.807, 2.05) is 32.9 Å². The molecular formula is C32H34ClFN4O5. The Morgan fingerprint density at radius 1 is 1.07 bits per heavy atom. The van der Waals surface area contributed by atoms with Crippen molar-refractivity contribution in [2.45, 2.75) is 32.9 Å². The van der Waals surface area contributed by atoms with E-state index in [4.69, 9.17) is 16.3 Å². The number of anilines is 1. The van der Waals surface area contributed by atoms with Gasteiger partial charge in [-0.05, 0) is 55.7 Å². The van der Waals surface area contributed by atoms with Crippen LogP contribution in [0, 0.1) is 12.7 Å². The maximum absolute atomic E-state index is 15.4. The summed E-state index contributed by atoms with van der Waals surface area (Å²) in [4.78, 5) is 37.7. The van der Waals surface area contributed by atoms with Gasteiger partial charge in [0, 0.05) is 54.8 Å². The van der Waals surface area contributed by atoms with Crippen molar-refractivity contribution >= 4 is 23.2 Å². The van der Waals surface area contributed by atoms with E-state index in [2.05, 4.69) is 10.6 Å². The Hall–Kier alpha value is -4.25. The van der Waals surface area contributed by atoms with Crippen molar-refractivity contribution < 1.29 is 19.0 Å². The van der Waals surface area contributed by atoms with Gasteiger partial charge in [-0.25, -0.2) is 9.18 Å². The second-order valence-corrected chi connectivity index (χ2v) is 11.3. The van der Waals surface area contributed by atoms with E-state index in [9.17, 15) is 19.5 Å². The molecule has 1 aromatic heterocycles. The van der Waals surface area contributed by atoms with Crippen LogP contribution >= 0.6 is 11.6 Å². The molecule has 0 atom stereocenters.